The molecule has 3 atom stereocenters. The third kappa shape index (κ3) is 5.27. The molecule has 160 valence electrons. The number of pyridine rings is 1. The molecule has 0 N–H and O–H groups in total. The topological polar surface area (TPSA) is 93.1 Å². The molecule has 1 aromatic heterocycles. The minimum absolute atomic E-state index is 0.0274. The molecule has 0 aliphatic carbocycles. The molecule has 2 heterocycles. The van der Waals surface area contributed by atoms with Gasteiger partial charge in [0.1, 0.15) is 31.6 Å². The second-order valence-corrected chi connectivity index (χ2v) is 7.09. The maximum absolute atomic E-state index is 12.4. The highest BCUT2D eigenvalue weighted by molar-refractivity contribution is 5.66. The molecule has 3 unspecified atom stereocenters. The van der Waals surface area contributed by atoms with Crippen LogP contribution in [0.4, 0.5) is 0 Å². The maximum Gasteiger partial charge on any atom is 0.303 e. The fraction of sp³-hybridized carbons (Fsp3) is 0.409. The van der Waals surface area contributed by atoms with Crippen LogP contribution in [0.5, 0.6) is 5.75 Å². The summed E-state index contributed by atoms with van der Waals surface area (Å²) in [7, 11) is 0. The molecular weight excluding hydrogens is 390 g/mol. The van der Waals surface area contributed by atoms with E-state index in [1.807, 2.05) is 30.3 Å². The molecule has 2 aromatic rings. The van der Waals surface area contributed by atoms with Crippen LogP contribution >= 0.6 is 0 Å². The Balaban J connectivity index is 1.79. The van der Waals surface area contributed by atoms with Crippen LogP contribution in [0.1, 0.15) is 37.8 Å². The quantitative estimate of drug-likeness (QED) is 0.642. The summed E-state index contributed by atoms with van der Waals surface area (Å²) in [5, 5.41) is 0. The average Bonchev–Trinajstić information content (AvgIpc) is 3.08. The number of hydrogen-bond acceptors (Lipinski definition) is 7. The molecule has 0 spiro atoms. The van der Waals surface area contributed by atoms with Crippen LogP contribution in [0.3, 0.4) is 0 Å². The van der Waals surface area contributed by atoms with E-state index in [1.54, 1.807) is 17.7 Å². The maximum atomic E-state index is 12.4. The summed E-state index contributed by atoms with van der Waals surface area (Å²) >= 11 is 0. The molecule has 1 aliphatic rings. The summed E-state index contributed by atoms with van der Waals surface area (Å²) in [6.07, 6.45) is 0.300. The zero-order valence-corrected chi connectivity index (χ0v) is 17.2. The van der Waals surface area contributed by atoms with Crippen molar-refractivity contribution in [3.05, 3.63) is 64.1 Å². The average molecular weight is 415 g/mol. The number of benzene rings is 1. The van der Waals surface area contributed by atoms with Crippen molar-refractivity contribution in [2.24, 2.45) is 0 Å². The molecule has 1 fully saturated rings. The lowest BCUT2D eigenvalue weighted by Crippen LogP contribution is -2.31. The molecule has 8 heteroatoms. The zero-order valence-electron chi connectivity index (χ0n) is 17.2. The number of esters is 2. The van der Waals surface area contributed by atoms with E-state index in [0.717, 1.165) is 5.56 Å². The van der Waals surface area contributed by atoms with Gasteiger partial charge in [0.15, 0.2) is 5.75 Å². The summed E-state index contributed by atoms with van der Waals surface area (Å²) < 4.78 is 24.0. The van der Waals surface area contributed by atoms with E-state index in [-0.39, 0.29) is 24.4 Å². The molecule has 1 aromatic carbocycles. The van der Waals surface area contributed by atoms with Gasteiger partial charge in [-0.05, 0) is 12.5 Å². The number of carbonyl (C=O) groups is 2. The highest BCUT2D eigenvalue weighted by atomic mass is 16.6. The van der Waals surface area contributed by atoms with Crippen LogP contribution in [0.15, 0.2) is 47.4 Å². The fourth-order valence-electron chi connectivity index (χ4n) is 3.41. The minimum atomic E-state index is -0.602. The van der Waals surface area contributed by atoms with Crippen molar-refractivity contribution in [1.82, 2.24) is 4.57 Å². The monoisotopic (exact) mass is 415 g/mol. The third-order valence-corrected chi connectivity index (χ3v) is 4.81. The van der Waals surface area contributed by atoms with Crippen molar-refractivity contribution in [3.8, 4) is 5.75 Å². The normalized spacial score (nSPS) is 20.6. The lowest BCUT2D eigenvalue weighted by Gasteiger charge is -2.20. The van der Waals surface area contributed by atoms with Crippen molar-refractivity contribution in [2.75, 3.05) is 6.61 Å². The van der Waals surface area contributed by atoms with Gasteiger partial charge < -0.3 is 23.5 Å². The summed E-state index contributed by atoms with van der Waals surface area (Å²) in [5.41, 5.74) is 1.31. The molecular formula is C22H25NO7. The highest BCUT2D eigenvalue weighted by Gasteiger charge is 2.39. The van der Waals surface area contributed by atoms with Gasteiger partial charge >= 0.3 is 11.9 Å². The molecule has 3 rings (SSSR count). The Morgan fingerprint density at radius 2 is 1.87 bits per heavy atom. The molecule has 0 bridgehead atoms. The van der Waals surface area contributed by atoms with Crippen LogP contribution in [0.2, 0.25) is 0 Å². The van der Waals surface area contributed by atoms with Gasteiger partial charge in [-0.15, -0.1) is 0 Å². The first kappa shape index (κ1) is 21.6. The van der Waals surface area contributed by atoms with E-state index in [0.29, 0.717) is 12.1 Å². The van der Waals surface area contributed by atoms with Crippen LogP contribution in [0.25, 0.3) is 0 Å². The van der Waals surface area contributed by atoms with Gasteiger partial charge in [0.2, 0.25) is 5.43 Å². The predicted molar refractivity (Wildman–Crippen MR) is 107 cm³/mol. The largest absolute Gasteiger partial charge is 0.483 e. The van der Waals surface area contributed by atoms with Crippen LogP contribution in [-0.2, 0) is 30.4 Å². The lowest BCUT2D eigenvalue weighted by atomic mass is 10.1. The van der Waals surface area contributed by atoms with E-state index in [9.17, 15) is 14.4 Å². The van der Waals surface area contributed by atoms with Gasteiger partial charge in [-0.1, -0.05) is 30.3 Å². The molecule has 1 aliphatic heterocycles. The van der Waals surface area contributed by atoms with Crippen molar-refractivity contribution in [1.29, 1.82) is 0 Å². The molecule has 0 radical (unpaired) electrons. The summed E-state index contributed by atoms with van der Waals surface area (Å²) in [4.78, 5) is 35.0. The zero-order chi connectivity index (χ0) is 21.7. The predicted octanol–water partition coefficient (Wildman–Crippen LogP) is 2.52. The number of carbonyl (C=O) groups excluding carboxylic acids is 2. The van der Waals surface area contributed by atoms with E-state index < -0.39 is 30.4 Å². The molecule has 0 saturated carbocycles. The Morgan fingerprint density at radius 1 is 1.13 bits per heavy atom. The van der Waals surface area contributed by atoms with E-state index in [2.05, 4.69) is 0 Å². The van der Waals surface area contributed by atoms with Gasteiger partial charge in [0.25, 0.3) is 0 Å². The van der Waals surface area contributed by atoms with Crippen LogP contribution < -0.4 is 10.2 Å². The van der Waals surface area contributed by atoms with Crippen LogP contribution in [-0.4, -0.2) is 35.3 Å². The Bertz CT molecular complexity index is 954. The molecule has 8 nitrogen and oxygen atoms in total. The lowest BCUT2D eigenvalue weighted by molar-refractivity contribution is -0.155. The van der Waals surface area contributed by atoms with Crippen molar-refractivity contribution >= 4 is 11.9 Å². The Morgan fingerprint density at radius 3 is 2.53 bits per heavy atom. The van der Waals surface area contributed by atoms with E-state index in [4.69, 9.17) is 18.9 Å². The standard InChI is InChI=1S/C22H25NO7/c1-14-22(28-12-17-7-5-4-6-8-17)18(26)9-10-23(14)21-11-19(29-16(3)25)20(30-21)13-27-15(2)24/h4-10,19-21H,11-13H2,1-3H3. The molecule has 0 amide bonds. The van der Waals surface area contributed by atoms with Gasteiger partial charge in [0, 0.05) is 32.5 Å². The Labute approximate surface area is 174 Å². The van der Waals surface area contributed by atoms with E-state index in [1.165, 1.54) is 19.9 Å². The number of nitrogens with zero attached hydrogens (tertiary/aromatic N) is 1. The number of rotatable bonds is 7. The third-order valence-electron chi connectivity index (χ3n) is 4.81. The first-order valence-electron chi connectivity index (χ1n) is 9.69. The smallest absolute Gasteiger partial charge is 0.303 e. The van der Waals surface area contributed by atoms with Gasteiger partial charge in [-0.25, -0.2) is 0 Å². The van der Waals surface area contributed by atoms with Gasteiger partial charge in [-0.3, -0.25) is 14.4 Å². The Hall–Kier alpha value is -3.13. The van der Waals surface area contributed by atoms with Crippen molar-refractivity contribution in [2.45, 2.75) is 52.2 Å². The van der Waals surface area contributed by atoms with Crippen LogP contribution in [0, 0.1) is 6.92 Å². The van der Waals surface area contributed by atoms with E-state index >= 15 is 0 Å². The second kappa shape index (κ2) is 9.58. The number of hydrogen-bond donors (Lipinski definition) is 0. The first-order chi connectivity index (χ1) is 14.3. The van der Waals surface area contributed by atoms with Crippen molar-refractivity contribution in [3.63, 3.8) is 0 Å². The highest BCUT2D eigenvalue weighted by Crippen LogP contribution is 2.33. The summed E-state index contributed by atoms with van der Waals surface area (Å²) in [6.45, 7) is 4.62. The SMILES string of the molecule is CC(=O)OCC1OC(n2ccc(=O)c(OCc3ccccc3)c2C)CC1OC(C)=O. The van der Waals surface area contributed by atoms with Gasteiger partial charge in [0.05, 0.1) is 5.69 Å². The summed E-state index contributed by atoms with van der Waals surface area (Å²) in [6, 6.07) is 11.0. The first-order valence-corrected chi connectivity index (χ1v) is 9.69. The minimum Gasteiger partial charge on any atom is -0.483 e. The molecule has 30 heavy (non-hydrogen) atoms. The van der Waals surface area contributed by atoms with Crippen molar-refractivity contribution < 1.29 is 28.5 Å². The summed E-state index contributed by atoms with van der Waals surface area (Å²) in [5.74, 6) is -0.655. The number of aromatic nitrogens is 1. The molecule has 1 saturated heterocycles. The Kier molecular flexibility index (Phi) is 6.89. The number of ether oxygens (including phenoxy) is 4. The van der Waals surface area contributed by atoms with Gasteiger partial charge in [-0.2, -0.15) is 0 Å². The fourth-order valence-corrected chi connectivity index (χ4v) is 3.41. The second-order valence-electron chi connectivity index (χ2n) is 7.09.